The van der Waals surface area contributed by atoms with E-state index < -0.39 is 0 Å². The summed E-state index contributed by atoms with van der Waals surface area (Å²) >= 11 is 0. The zero-order valence-electron chi connectivity index (χ0n) is 24.8. The van der Waals surface area contributed by atoms with Crippen molar-refractivity contribution in [1.29, 1.82) is 0 Å². The van der Waals surface area contributed by atoms with Gasteiger partial charge in [-0.15, -0.1) is 0 Å². The van der Waals surface area contributed by atoms with E-state index in [1.54, 1.807) is 0 Å². The predicted molar refractivity (Wildman–Crippen MR) is 154 cm³/mol. The van der Waals surface area contributed by atoms with Crippen molar-refractivity contribution in [2.45, 2.75) is 155 Å². The van der Waals surface area contributed by atoms with E-state index in [9.17, 15) is 14.7 Å². The number of ether oxygens (including phenoxy) is 2. The number of unbranched alkanes of at least 4 members (excludes halogenated alkanes) is 11. The molecule has 0 rings (SSSR count). The minimum atomic E-state index is -0.0434. The van der Waals surface area contributed by atoms with Gasteiger partial charge in [-0.05, 0) is 58.0 Å². The van der Waals surface area contributed by atoms with E-state index in [1.165, 1.54) is 25.7 Å². The highest BCUT2D eigenvalue weighted by atomic mass is 16.5. The monoisotopic (exact) mass is 527 g/mol. The Morgan fingerprint density at radius 1 is 0.622 bits per heavy atom. The van der Waals surface area contributed by atoms with E-state index in [-0.39, 0.29) is 24.6 Å². The number of aliphatic hydroxyl groups is 1. The first-order valence-electron chi connectivity index (χ1n) is 15.8. The predicted octanol–water partition coefficient (Wildman–Crippen LogP) is 7.60. The number of carbonyl (C=O) groups is 2. The molecule has 6 heteroatoms. The third kappa shape index (κ3) is 24.9. The molecule has 0 radical (unpaired) electrons. The highest BCUT2D eigenvalue weighted by molar-refractivity contribution is 5.69. The number of nitrogens with zero attached hydrogens (tertiary/aromatic N) is 1. The molecule has 220 valence electrons. The molecule has 0 amide bonds. The largest absolute Gasteiger partial charge is 0.466 e. The lowest BCUT2D eigenvalue weighted by Gasteiger charge is -2.21. The maximum absolute atomic E-state index is 12.1. The summed E-state index contributed by atoms with van der Waals surface area (Å²) in [5.41, 5.74) is 0. The molecule has 0 heterocycles. The minimum Gasteiger partial charge on any atom is -0.466 e. The van der Waals surface area contributed by atoms with Crippen molar-refractivity contribution in [2.75, 3.05) is 32.8 Å². The Kier molecular flexibility index (Phi) is 27.0. The molecule has 0 saturated carbocycles. The van der Waals surface area contributed by atoms with E-state index in [0.717, 1.165) is 110 Å². The van der Waals surface area contributed by atoms with Gasteiger partial charge in [0.15, 0.2) is 0 Å². The van der Waals surface area contributed by atoms with Crippen LogP contribution in [-0.2, 0) is 19.1 Å². The van der Waals surface area contributed by atoms with Gasteiger partial charge in [-0.1, -0.05) is 91.4 Å². The van der Waals surface area contributed by atoms with Crippen LogP contribution in [0.15, 0.2) is 0 Å². The Morgan fingerprint density at radius 2 is 1.14 bits per heavy atom. The van der Waals surface area contributed by atoms with Gasteiger partial charge in [-0.25, -0.2) is 0 Å². The lowest BCUT2D eigenvalue weighted by Crippen LogP contribution is -2.29. The lowest BCUT2D eigenvalue weighted by molar-refractivity contribution is -0.150. The van der Waals surface area contributed by atoms with Gasteiger partial charge in [-0.2, -0.15) is 0 Å². The first-order chi connectivity index (χ1) is 18.1. The van der Waals surface area contributed by atoms with E-state index in [4.69, 9.17) is 9.47 Å². The van der Waals surface area contributed by atoms with Crippen LogP contribution in [0.25, 0.3) is 0 Å². The van der Waals surface area contributed by atoms with Crippen molar-refractivity contribution in [3.8, 4) is 0 Å². The topological polar surface area (TPSA) is 76.1 Å². The van der Waals surface area contributed by atoms with Gasteiger partial charge in [0.1, 0.15) is 6.10 Å². The Bertz CT molecular complexity index is 508. The summed E-state index contributed by atoms with van der Waals surface area (Å²) in [6.45, 7) is 10.0. The van der Waals surface area contributed by atoms with Crippen LogP contribution in [0.5, 0.6) is 0 Å². The van der Waals surface area contributed by atoms with Crippen LogP contribution in [0, 0.1) is 0 Å². The summed E-state index contributed by atoms with van der Waals surface area (Å²) in [7, 11) is 0. The molecule has 0 saturated heterocycles. The zero-order valence-corrected chi connectivity index (χ0v) is 24.8. The number of hydrogen-bond donors (Lipinski definition) is 1. The van der Waals surface area contributed by atoms with Crippen molar-refractivity contribution in [3.05, 3.63) is 0 Å². The fraction of sp³-hybridized carbons (Fsp3) is 0.935. The number of aliphatic hydroxyl groups excluding tert-OH is 1. The van der Waals surface area contributed by atoms with Crippen molar-refractivity contribution < 1.29 is 24.2 Å². The summed E-state index contributed by atoms with van der Waals surface area (Å²) in [5, 5.41) is 9.39. The smallest absolute Gasteiger partial charge is 0.306 e. The van der Waals surface area contributed by atoms with Crippen molar-refractivity contribution in [2.24, 2.45) is 0 Å². The van der Waals surface area contributed by atoms with E-state index in [2.05, 4.69) is 25.7 Å². The quantitative estimate of drug-likeness (QED) is 0.0834. The first-order valence-corrected chi connectivity index (χ1v) is 15.8. The molecule has 0 aromatic carbocycles. The second kappa shape index (κ2) is 27.9. The molecule has 0 unspecified atom stereocenters. The second-order valence-corrected chi connectivity index (χ2v) is 10.6. The average molecular weight is 528 g/mol. The maximum Gasteiger partial charge on any atom is 0.306 e. The van der Waals surface area contributed by atoms with Crippen LogP contribution in [-0.4, -0.2) is 60.9 Å². The fourth-order valence-corrected chi connectivity index (χ4v) is 4.68. The van der Waals surface area contributed by atoms with Gasteiger partial charge < -0.3 is 19.5 Å². The first kappa shape index (κ1) is 35.9. The van der Waals surface area contributed by atoms with Gasteiger partial charge >= 0.3 is 11.9 Å². The second-order valence-electron chi connectivity index (χ2n) is 10.6. The Hall–Kier alpha value is -1.14. The SMILES string of the molecule is CCCCCCOC(=O)CCCCCCCN(CCO)CCCCCCCC(=O)OC(CCC)CCC. The van der Waals surface area contributed by atoms with Gasteiger partial charge in [0.2, 0.25) is 0 Å². The summed E-state index contributed by atoms with van der Waals surface area (Å²) in [6.07, 6.45) is 20.7. The molecule has 0 fully saturated rings. The van der Waals surface area contributed by atoms with E-state index >= 15 is 0 Å². The van der Waals surface area contributed by atoms with Crippen LogP contribution in [0.3, 0.4) is 0 Å². The number of rotatable bonds is 28. The van der Waals surface area contributed by atoms with Crippen LogP contribution < -0.4 is 0 Å². The highest BCUT2D eigenvalue weighted by Gasteiger charge is 2.12. The number of hydrogen-bond acceptors (Lipinski definition) is 6. The summed E-state index contributed by atoms with van der Waals surface area (Å²) in [6, 6.07) is 0. The van der Waals surface area contributed by atoms with E-state index in [1.807, 2.05) is 0 Å². The van der Waals surface area contributed by atoms with E-state index in [0.29, 0.717) is 19.4 Å². The summed E-state index contributed by atoms with van der Waals surface area (Å²) in [4.78, 5) is 26.2. The van der Waals surface area contributed by atoms with Crippen LogP contribution in [0.1, 0.15) is 149 Å². The molecule has 0 aromatic heterocycles. The average Bonchev–Trinajstić information content (AvgIpc) is 2.87. The molecule has 37 heavy (non-hydrogen) atoms. The molecule has 0 spiro atoms. The lowest BCUT2D eigenvalue weighted by atomic mass is 10.1. The van der Waals surface area contributed by atoms with Gasteiger partial charge in [0, 0.05) is 19.4 Å². The Labute approximate surface area is 229 Å². The maximum atomic E-state index is 12.1. The molecule has 0 bridgehead atoms. The molecule has 0 aromatic rings. The Balaban J connectivity index is 3.69. The minimum absolute atomic E-state index is 0.0289. The normalized spacial score (nSPS) is 11.4. The molecular weight excluding hydrogens is 466 g/mol. The van der Waals surface area contributed by atoms with Gasteiger partial charge in [0.05, 0.1) is 13.2 Å². The molecule has 0 aliphatic heterocycles. The molecular formula is C31H61NO5. The van der Waals surface area contributed by atoms with Crippen molar-refractivity contribution in [3.63, 3.8) is 0 Å². The molecule has 0 aliphatic carbocycles. The molecule has 0 aliphatic rings. The van der Waals surface area contributed by atoms with Gasteiger partial charge in [0.25, 0.3) is 0 Å². The van der Waals surface area contributed by atoms with Crippen molar-refractivity contribution >= 4 is 11.9 Å². The van der Waals surface area contributed by atoms with Crippen LogP contribution in [0.2, 0.25) is 0 Å². The fourth-order valence-electron chi connectivity index (χ4n) is 4.68. The van der Waals surface area contributed by atoms with Crippen LogP contribution >= 0.6 is 0 Å². The van der Waals surface area contributed by atoms with Gasteiger partial charge in [-0.3, -0.25) is 9.59 Å². The third-order valence-electron chi connectivity index (χ3n) is 6.91. The third-order valence-corrected chi connectivity index (χ3v) is 6.91. The zero-order chi connectivity index (χ0) is 27.4. The number of esters is 2. The molecule has 0 atom stereocenters. The summed E-state index contributed by atoms with van der Waals surface area (Å²) < 4.78 is 10.9. The van der Waals surface area contributed by atoms with Crippen LogP contribution in [0.4, 0.5) is 0 Å². The Morgan fingerprint density at radius 3 is 1.68 bits per heavy atom. The highest BCUT2D eigenvalue weighted by Crippen LogP contribution is 2.13. The molecule has 1 N–H and O–H groups in total. The standard InChI is InChI=1S/C31H61NO5/c1-4-7-8-19-28-36-30(34)22-15-11-9-13-17-24-32(26-27-33)25-18-14-10-12-16-23-31(35)37-29(20-5-2)21-6-3/h29,33H,4-28H2,1-3H3. The van der Waals surface area contributed by atoms with Crippen molar-refractivity contribution in [1.82, 2.24) is 4.90 Å². The number of carbonyl (C=O) groups excluding carboxylic acids is 2. The summed E-state index contributed by atoms with van der Waals surface area (Å²) in [5.74, 6) is -0.0723. The molecule has 6 nitrogen and oxygen atoms in total.